The highest BCUT2D eigenvalue weighted by Crippen LogP contribution is 2.32. The van der Waals surface area contributed by atoms with E-state index >= 15 is 0 Å². The van der Waals surface area contributed by atoms with E-state index in [2.05, 4.69) is 11.1 Å². The molecule has 1 aromatic heterocycles. The Labute approximate surface area is 206 Å². The summed E-state index contributed by atoms with van der Waals surface area (Å²) >= 11 is 1.36. The molecule has 3 N–H and O–H groups in total. The second kappa shape index (κ2) is 12.7. The molecule has 190 valence electrons. The highest BCUT2D eigenvalue weighted by atomic mass is 32.1. The molecule has 2 heterocycles. The Morgan fingerprint density at radius 3 is 2.62 bits per heavy atom. The maximum atomic E-state index is 13.1. The van der Waals surface area contributed by atoms with Gasteiger partial charge in [0.15, 0.2) is 0 Å². The van der Waals surface area contributed by atoms with Crippen LogP contribution in [0.4, 0.5) is 0 Å². The number of Topliss-reactive ketones (excluding diaryl/α,β-unsaturated/α-hetero) is 1. The van der Waals surface area contributed by atoms with E-state index in [9.17, 15) is 24.9 Å². The number of ether oxygens (including phenoxy) is 1. The van der Waals surface area contributed by atoms with E-state index in [1.54, 1.807) is 20.8 Å². The molecule has 1 aromatic rings. The number of thiazole rings is 1. The molecule has 1 aliphatic rings. The van der Waals surface area contributed by atoms with Crippen molar-refractivity contribution in [1.29, 1.82) is 0 Å². The first-order valence-electron chi connectivity index (χ1n) is 12.0. The van der Waals surface area contributed by atoms with Gasteiger partial charge >= 0.3 is 5.97 Å². The Kier molecular flexibility index (Phi) is 10.6. The lowest BCUT2D eigenvalue weighted by Gasteiger charge is -2.34. The molecule has 34 heavy (non-hydrogen) atoms. The standard InChI is InChI=1S/C26H39NO6S/c1-16-10-8-6-7-9-11-20(17(2)12-19-15-34-22(14-28)27-19)33-23(30)13-21(29)26(4,5)25(32)18(3)24(16)31/h6,8,12,15-16,18,20-21,24,28-29,31H,7,9-11,13-14H2,1-5H3/b8-6+,17-12+/t16-,18+,20-,21-,24-/m0/s1. The Morgan fingerprint density at radius 1 is 1.26 bits per heavy atom. The van der Waals surface area contributed by atoms with Crippen LogP contribution in [-0.4, -0.2) is 50.4 Å². The van der Waals surface area contributed by atoms with Crippen molar-refractivity contribution in [2.45, 2.75) is 91.6 Å². The van der Waals surface area contributed by atoms with Crippen molar-refractivity contribution in [2.24, 2.45) is 17.3 Å². The van der Waals surface area contributed by atoms with Gasteiger partial charge in [0.2, 0.25) is 0 Å². The smallest absolute Gasteiger partial charge is 0.309 e. The summed E-state index contributed by atoms with van der Waals surface area (Å²) in [5, 5.41) is 33.2. The zero-order valence-electron chi connectivity index (χ0n) is 20.9. The number of aliphatic hydroxyl groups is 3. The number of aromatic nitrogens is 1. The third kappa shape index (κ3) is 7.57. The van der Waals surface area contributed by atoms with Crippen LogP contribution < -0.4 is 0 Å². The number of cyclic esters (lactones) is 1. The predicted octanol–water partition coefficient (Wildman–Crippen LogP) is 4.06. The first-order valence-corrected chi connectivity index (χ1v) is 12.8. The molecule has 0 saturated carbocycles. The number of ketones is 1. The largest absolute Gasteiger partial charge is 0.458 e. The van der Waals surface area contributed by atoms with Gasteiger partial charge in [0.1, 0.15) is 16.9 Å². The van der Waals surface area contributed by atoms with Crippen molar-refractivity contribution in [1.82, 2.24) is 4.98 Å². The minimum atomic E-state index is -1.24. The Morgan fingerprint density at radius 2 is 1.97 bits per heavy atom. The van der Waals surface area contributed by atoms with Crippen molar-refractivity contribution in [3.05, 3.63) is 33.8 Å². The van der Waals surface area contributed by atoms with Crippen LogP contribution in [0, 0.1) is 17.3 Å². The van der Waals surface area contributed by atoms with Gasteiger partial charge in [-0.25, -0.2) is 4.98 Å². The molecule has 0 aromatic carbocycles. The fourth-order valence-electron chi connectivity index (χ4n) is 4.18. The molecule has 0 amide bonds. The summed E-state index contributed by atoms with van der Waals surface area (Å²) in [6, 6.07) is 0. The lowest BCUT2D eigenvalue weighted by atomic mass is 9.73. The zero-order valence-corrected chi connectivity index (χ0v) is 21.7. The summed E-state index contributed by atoms with van der Waals surface area (Å²) in [5.74, 6) is -1.64. The first-order chi connectivity index (χ1) is 16.0. The van der Waals surface area contributed by atoms with Crippen molar-refractivity contribution in [3.8, 4) is 0 Å². The monoisotopic (exact) mass is 493 g/mol. The molecule has 2 rings (SSSR count). The molecule has 0 bridgehead atoms. The Hall–Kier alpha value is -1.87. The van der Waals surface area contributed by atoms with Crippen molar-refractivity contribution in [2.75, 3.05) is 0 Å². The molecular formula is C26H39NO6S. The maximum Gasteiger partial charge on any atom is 0.309 e. The maximum absolute atomic E-state index is 13.1. The predicted molar refractivity (Wildman–Crippen MR) is 133 cm³/mol. The number of nitrogens with zero attached hydrogens (tertiary/aromatic N) is 1. The molecule has 0 aliphatic carbocycles. The topological polar surface area (TPSA) is 117 Å². The normalized spacial score (nSPS) is 31.2. The number of esters is 1. The third-order valence-corrected chi connectivity index (χ3v) is 7.56. The van der Waals surface area contributed by atoms with Gasteiger partial charge in [-0.2, -0.15) is 0 Å². The van der Waals surface area contributed by atoms with E-state index in [-0.39, 0.29) is 24.7 Å². The number of hydrogen-bond donors (Lipinski definition) is 3. The summed E-state index contributed by atoms with van der Waals surface area (Å²) in [5.41, 5.74) is 0.305. The number of carbonyl (C=O) groups excluding carboxylic acids is 2. The highest BCUT2D eigenvalue weighted by Gasteiger charge is 2.42. The van der Waals surface area contributed by atoms with Gasteiger partial charge in [-0.15, -0.1) is 11.3 Å². The van der Waals surface area contributed by atoms with Gasteiger partial charge in [0, 0.05) is 11.3 Å². The highest BCUT2D eigenvalue weighted by molar-refractivity contribution is 7.09. The number of rotatable bonds is 3. The lowest BCUT2D eigenvalue weighted by molar-refractivity contribution is -0.154. The second-order valence-corrected chi connectivity index (χ2v) is 10.8. The summed E-state index contributed by atoms with van der Waals surface area (Å²) < 4.78 is 5.76. The van der Waals surface area contributed by atoms with E-state index in [1.165, 1.54) is 11.3 Å². The van der Waals surface area contributed by atoms with Crippen molar-refractivity contribution >= 4 is 29.2 Å². The molecule has 8 heteroatoms. The van der Waals surface area contributed by atoms with E-state index in [0.717, 1.165) is 18.4 Å². The van der Waals surface area contributed by atoms with Gasteiger partial charge in [-0.1, -0.05) is 39.8 Å². The van der Waals surface area contributed by atoms with Gasteiger partial charge in [-0.3, -0.25) is 9.59 Å². The van der Waals surface area contributed by atoms with Crippen LogP contribution in [0.3, 0.4) is 0 Å². The number of aliphatic hydroxyl groups excluding tert-OH is 3. The molecular weight excluding hydrogens is 454 g/mol. The van der Waals surface area contributed by atoms with Crippen LogP contribution >= 0.6 is 11.3 Å². The Balaban J connectivity index is 2.27. The van der Waals surface area contributed by atoms with Gasteiger partial charge in [0.05, 0.1) is 36.3 Å². The number of carbonyl (C=O) groups is 2. The Bertz CT molecular complexity index is 890. The summed E-state index contributed by atoms with van der Waals surface area (Å²) in [4.78, 5) is 30.2. The average molecular weight is 494 g/mol. The van der Waals surface area contributed by atoms with Crippen molar-refractivity contribution < 1.29 is 29.6 Å². The summed E-state index contributed by atoms with van der Waals surface area (Å²) in [7, 11) is 0. The number of hydrogen-bond acceptors (Lipinski definition) is 8. The van der Waals surface area contributed by atoms with Crippen LogP contribution in [0.5, 0.6) is 0 Å². The second-order valence-electron chi connectivity index (χ2n) is 9.89. The third-order valence-electron chi connectivity index (χ3n) is 6.71. The molecule has 7 nitrogen and oxygen atoms in total. The first kappa shape index (κ1) is 28.4. The fraction of sp³-hybridized carbons (Fsp3) is 0.654. The average Bonchev–Trinajstić information content (AvgIpc) is 3.25. The molecule has 0 radical (unpaired) electrons. The molecule has 0 saturated heterocycles. The molecule has 0 unspecified atom stereocenters. The van der Waals surface area contributed by atoms with E-state index in [1.807, 2.05) is 31.4 Å². The zero-order chi connectivity index (χ0) is 25.5. The quantitative estimate of drug-likeness (QED) is 0.429. The van der Waals surface area contributed by atoms with E-state index < -0.39 is 35.6 Å². The summed E-state index contributed by atoms with van der Waals surface area (Å²) in [6.07, 6.45) is 5.88. The molecule has 0 fully saturated rings. The van der Waals surface area contributed by atoms with Gasteiger partial charge < -0.3 is 20.1 Å². The van der Waals surface area contributed by atoms with Crippen LogP contribution in [0.1, 0.15) is 77.4 Å². The number of allylic oxidation sites excluding steroid dienone is 2. The van der Waals surface area contributed by atoms with Gasteiger partial charge in [-0.05, 0) is 50.2 Å². The molecule has 1 aliphatic heterocycles. The van der Waals surface area contributed by atoms with Crippen LogP contribution in [0.2, 0.25) is 0 Å². The van der Waals surface area contributed by atoms with Gasteiger partial charge in [0.25, 0.3) is 0 Å². The minimum absolute atomic E-state index is 0.110. The molecule has 5 atom stereocenters. The van der Waals surface area contributed by atoms with Crippen molar-refractivity contribution in [3.63, 3.8) is 0 Å². The SMILES string of the molecule is C/C(=C\c1csc(CO)n1)[C@@H]1CCC/C=C/C[C@H](C)[C@H](O)[C@@H](C)C(=O)C(C)(C)[C@@H](O)CC(=O)O1. The van der Waals surface area contributed by atoms with Crippen LogP contribution in [0.25, 0.3) is 6.08 Å². The van der Waals surface area contributed by atoms with Crippen LogP contribution in [0.15, 0.2) is 23.1 Å². The lowest BCUT2D eigenvalue weighted by Crippen LogP contribution is -2.45. The minimum Gasteiger partial charge on any atom is -0.458 e. The summed E-state index contributed by atoms with van der Waals surface area (Å²) in [6.45, 7) is 8.55. The van der Waals surface area contributed by atoms with E-state index in [0.29, 0.717) is 23.5 Å². The fourth-order valence-corrected chi connectivity index (χ4v) is 4.79. The van der Waals surface area contributed by atoms with E-state index in [4.69, 9.17) is 4.74 Å². The molecule has 0 spiro atoms. The van der Waals surface area contributed by atoms with Crippen LogP contribution in [-0.2, 0) is 20.9 Å².